The second kappa shape index (κ2) is 16.8. The van der Waals surface area contributed by atoms with Crippen LogP contribution in [0.3, 0.4) is 0 Å². The van der Waals surface area contributed by atoms with Crippen LogP contribution in [0.4, 0.5) is 0 Å². The molecule has 0 radical (unpaired) electrons. The molecule has 328 valence electrons. The van der Waals surface area contributed by atoms with Gasteiger partial charge in [0.1, 0.15) is 23.8 Å². The molecule has 3 aliphatic heterocycles. The minimum atomic E-state index is -5.05. The van der Waals surface area contributed by atoms with Crippen molar-refractivity contribution in [2.24, 2.45) is 24.6 Å². The molecule has 4 fully saturated rings. The maximum atomic E-state index is 14.2. The normalized spacial score (nSPS) is 24.7. The monoisotopic (exact) mass is 872 g/mol. The number of imide groups is 1. The highest BCUT2D eigenvalue weighted by Crippen LogP contribution is 2.40. The summed E-state index contributed by atoms with van der Waals surface area (Å²) in [7, 11) is -3.38. The minimum Gasteiger partial charge on any atom is -0.368 e. The van der Waals surface area contributed by atoms with Crippen molar-refractivity contribution in [3.8, 4) is 0 Å². The number of piperidine rings is 1. The number of benzene rings is 2. The van der Waals surface area contributed by atoms with E-state index in [1.54, 1.807) is 11.9 Å². The highest BCUT2D eigenvalue weighted by Gasteiger charge is 2.45. The van der Waals surface area contributed by atoms with Crippen molar-refractivity contribution in [1.29, 1.82) is 0 Å². The van der Waals surface area contributed by atoms with Gasteiger partial charge < -0.3 is 35.6 Å². The fourth-order valence-corrected chi connectivity index (χ4v) is 10.4. The molecule has 4 atom stereocenters. The van der Waals surface area contributed by atoms with E-state index in [1.165, 1.54) is 38.3 Å². The Balaban J connectivity index is 0.924. The predicted molar refractivity (Wildman–Crippen MR) is 222 cm³/mol. The van der Waals surface area contributed by atoms with Gasteiger partial charge in [0.2, 0.25) is 29.5 Å². The summed E-state index contributed by atoms with van der Waals surface area (Å²) in [5.41, 5.74) is 6.58. The molecule has 0 spiro atoms. The van der Waals surface area contributed by atoms with Crippen molar-refractivity contribution >= 4 is 70.5 Å². The third kappa shape index (κ3) is 8.35. The van der Waals surface area contributed by atoms with Gasteiger partial charge in [0.25, 0.3) is 11.4 Å². The lowest BCUT2D eigenvalue weighted by atomic mass is 9.78. The van der Waals surface area contributed by atoms with Gasteiger partial charge in [-0.25, -0.2) is 4.79 Å². The number of nitrogens with one attached hydrogen (secondary N) is 3. The summed E-state index contributed by atoms with van der Waals surface area (Å²) in [5, 5.41) is 5.42. The summed E-state index contributed by atoms with van der Waals surface area (Å²) in [6, 6.07) is 7.90. The number of hydrogen-bond donors (Lipinski definition) is 6. The zero-order chi connectivity index (χ0) is 44.2. The predicted octanol–water partition coefficient (Wildman–Crippen LogP) is 1.73. The second-order valence-corrected chi connectivity index (χ2v) is 18.7. The van der Waals surface area contributed by atoms with Crippen LogP contribution >= 0.6 is 7.60 Å². The number of amides is 6. The second-order valence-electron chi connectivity index (χ2n) is 17.2. The van der Waals surface area contributed by atoms with E-state index in [4.69, 9.17) is 5.73 Å². The minimum absolute atomic E-state index is 0.00398. The Labute approximate surface area is 354 Å². The van der Waals surface area contributed by atoms with E-state index in [1.807, 2.05) is 18.2 Å². The van der Waals surface area contributed by atoms with Crippen LogP contribution in [0.1, 0.15) is 96.7 Å². The number of hydrogen-bond acceptors (Lipinski definition) is 9. The van der Waals surface area contributed by atoms with Crippen molar-refractivity contribution in [3.63, 3.8) is 0 Å². The largest absolute Gasteiger partial charge is 0.396 e. The van der Waals surface area contributed by atoms with E-state index in [0.29, 0.717) is 53.7 Å². The van der Waals surface area contributed by atoms with Gasteiger partial charge in [-0.1, -0.05) is 6.07 Å². The number of nitrogens with zero attached hydrogens (tertiary/aromatic N) is 4. The van der Waals surface area contributed by atoms with Crippen LogP contribution in [0.25, 0.3) is 21.9 Å². The number of carbonyl (C=O) groups is 7. The Bertz CT molecular complexity index is 2640. The highest BCUT2D eigenvalue weighted by atomic mass is 31.2. The molecule has 4 aromatic rings. The van der Waals surface area contributed by atoms with Gasteiger partial charge in [0.05, 0.1) is 11.0 Å². The van der Waals surface area contributed by atoms with E-state index < -0.39 is 54.9 Å². The average molecular weight is 873 g/mol. The summed E-state index contributed by atoms with van der Waals surface area (Å²) >= 11 is 0. The molecule has 0 bridgehead atoms. The molecule has 2 aromatic carbocycles. The van der Waals surface area contributed by atoms with Crippen LogP contribution in [0.2, 0.25) is 0 Å². The lowest BCUT2D eigenvalue weighted by Crippen LogP contribution is -2.61. The Hall–Kier alpha value is -5.91. The Morgan fingerprint density at radius 1 is 0.887 bits per heavy atom. The van der Waals surface area contributed by atoms with Gasteiger partial charge in [-0.3, -0.25) is 52.6 Å². The molecular weight excluding hydrogens is 823 g/mol. The third-order valence-electron chi connectivity index (χ3n) is 13.2. The fourth-order valence-electron chi connectivity index (χ4n) is 9.89. The number of primary amides is 1. The SMILES string of the molecule is Cn1c(=O)n([C@@H]2CCC(=O)NC2=O)c2ccc(CC3CCC(CC(=O)N4CC[C@H]5CC[C@@H](C(N)=O)N5C(=O)[C@@H](NC(=O)c5cc6cc(C(=O)P(=O)(O)O)ccc6[nH]5)C4)CC3)cc21. The van der Waals surface area contributed by atoms with Gasteiger partial charge in [0, 0.05) is 55.5 Å². The summed E-state index contributed by atoms with van der Waals surface area (Å²) in [4.78, 5) is 129. The van der Waals surface area contributed by atoms with Crippen molar-refractivity contribution < 1.29 is 47.9 Å². The molecule has 4 aliphatic rings. The average Bonchev–Trinajstić information content (AvgIpc) is 3.92. The van der Waals surface area contributed by atoms with Crippen molar-refractivity contribution in [1.82, 2.24) is 34.6 Å². The zero-order valence-electron chi connectivity index (χ0n) is 34.1. The smallest absolute Gasteiger partial charge is 0.368 e. The zero-order valence-corrected chi connectivity index (χ0v) is 35.0. The quantitative estimate of drug-likeness (QED) is 0.0986. The van der Waals surface area contributed by atoms with Crippen molar-refractivity contribution in [2.75, 3.05) is 13.1 Å². The summed E-state index contributed by atoms with van der Waals surface area (Å²) in [6.45, 7) is 0.171. The first-order valence-electron chi connectivity index (χ1n) is 20.9. The number of aromatic amines is 1. The molecule has 20 heteroatoms. The number of imidazole rings is 1. The maximum absolute atomic E-state index is 14.2. The number of carbonyl (C=O) groups excluding carboxylic acids is 7. The molecule has 62 heavy (non-hydrogen) atoms. The van der Waals surface area contributed by atoms with Gasteiger partial charge in [-0.15, -0.1) is 0 Å². The molecule has 5 heterocycles. The molecule has 1 saturated carbocycles. The van der Waals surface area contributed by atoms with Gasteiger partial charge >= 0.3 is 13.3 Å². The lowest BCUT2D eigenvalue weighted by molar-refractivity contribution is -0.144. The van der Waals surface area contributed by atoms with E-state index in [2.05, 4.69) is 15.6 Å². The maximum Gasteiger partial charge on any atom is 0.396 e. The third-order valence-corrected chi connectivity index (χ3v) is 14.0. The van der Waals surface area contributed by atoms with Crippen molar-refractivity contribution in [2.45, 2.75) is 94.8 Å². The molecule has 6 amide bonds. The van der Waals surface area contributed by atoms with Crippen LogP contribution in [0.15, 0.2) is 47.3 Å². The number of rotatable bonds is 10. The summed E-state index contributed by atoms with van der Waals surface area (Å²) in [6.07, 6.45) is 6.17. The molecule has 7 N–H and O–H groups in total. The molecule has 3 saturated heterocycles. The molecule has 8 rings (SSSR count). The van der Waals surface area contributed by atoms with Crippen LogP contribution in [-0.4, -0.2) is 106 Å². The van der Waals surface area contributed by atoms with Gasteiger partial charge in [-0.05, 0) is 112 Å². The van der Waals surface area contributed by atoms with Crippen LogP contribution < -0.4 is 22.1 Å². The first kappa shape index (κ1) is 42.8. The summed E-state index contributed by atoms with van der Waals surface area (Å²) < 4.78 is 14.5. The fraction of sp³-hybridized carbons (Fsp3) is 0.476. The van der Waals surface area contributed by atoms with E-state index >= 15 is 0 Å². The van der Waals surface area contributed by atoms with Gasteiger partial charge in [0.15, 0.2) is 0 Å². The van der Waals surface area contributed by atoms with Crippen LogP contribution in [0.5, 0.6) is 0 Å². The van der Waals surface area contributed by atoms with E-state index in [0.717, 1.165) is 37.7 Å². The standard InChI is InChI=1S/C42H49N8O11P/c1-47-34-17-24(6-10-31(34)50(42(47)58)33-12-13-35(51)46-39(33)55)16-22-2-4-23(5-3-22)18-36(52)48-15-14-27-8-11-32(37(43)53)49(27)40(56)30(21-48)45-38(54)29-20-26-19-25(7-9-28(26)44-29)41(57)62(59,60)61/h6-7,9-10,17,19-20,22-23,27,30,32-33,44H,2-5,8,11-16,18,21H2,1H3,(H2,43,53)(H,45,54)(H,46,51,55)(H2,59,60,61)/t22?,23?,27-,30+,32+,33-/m1/s1. The van der Waals surface area contributed by atoms with Crippen molar-refractivity contribution in [3.05, 3.63) is 69.8 Å². The number of nitrogens with two attached hydrogens (primary N) is 1. The molecular formula is C42H49N8O11P. The number of fused-ring (bicyclic) bond motifs is 3. The Morgan fingerprint density at radius 3 is 2.34 bits per heavy atom. The Morgan fingerprint density at radius 2 is 1.63 bits per heavy atom. The lowest BCUT2D eigenvalue weighted by Gasteiger charge is -2.39. The number of H-pyrrole nitrogens is 1. The number of aryl methyl sites for hydroxylation is 1. The van der Waals surface area contributed by atoms with Gasteiger partial charge in [-0.2, -0.15) is 0 Å². The first-order valence-corrected chi connectivity index (χ1v) is 22.5. The molecule has 2 aromatic heterocycles. The van der Waals surface area contributed by atoms with E-state index in [-0.39, 0.29) is 66.5 Å². The number of aromatic nitrogens is 3. The highest BCUT2D eigenvalue weighted by molar-refractivity contribution is 7.70. The Kier molecular flexibility index (Phi) is 11.6. The summed E-state index contributed by atoms with van der Waals surface area (Å²) in [5.74, 6) is -2.40. The first-order chi connectivity index (χ1) is 29.5. The van der Waals surface area contributed by atoms with Crippen LogP contribution in [0, 0.1) is 11.8 Å². The topological polar surface area (TPSA) is 276 Å². The molecule has 1 aliphatic carbocycles. The molecule has 0 unspecified atom stereocenters. The van der Waals surface area contributed by atoms with Crippen LogP contribution in [-0.2, 0) is 42.0 Å². The molecule has 19 nitrogen and oxygen atoms in total. The van der Waals surface area contributed by atoms with E-state index in [9.17, 15) is 52.7 Å².